The molecule has 0 aliphatic heterocycles. The lowest BCUT2D eigenvalue weighted by Gasteiger charge is -2.19. The summed E-state index contributed by atoms with van der Waals surface area (Å²) in [5.74, 6) is -0.937. The number of carbonyl (C=O) groups excluding carboxylic acids is 1. The number of carbonyl (C=O) groups is 1. The van der Waals surface area contributed by atoms with Gasteiger partial charge in [0.1, 0.15) is 5.75 Å². The summed E-state index contributed by atoms with van der Waals surface area (Å²) >= 11 is 0. The van der Waals surface area contributed by atoms with E-state index in [1.807, 2.05) is 0 Å². The molecule has 0 N–H and O–H groups in total. The van der Waals surface area contributed by atoms with E-state index in [0.29, 0.717) is 5.69 Å². The van der Waals surface area contributed by atoms with Crippen molar-refractivity contribution in [2.45, 2.75) is 12.9 Å². The van der Waals surface area contributed by atoms with Crippen LogP contribution in [0.1, 0.15) is 16.1 Å². The lowest BCUT2D eigenvalue weighted by atomic mass is 10.2. The second kappa shape index (κ2) is 8.23. The second-order valence-corrected chi connectivity index (χ2v) is 6.24. The minimum atomic E-state index is -4.85. The second-order valence-electron chi connectivity index (χ2n) is 6.24. The molecule has 30 heavy (non-hydrogen) atoms. The van der Waals surface area contributed by atoms with E-state index in [9.17, 15) is 28.1 Å². The van der Waals surface area contributed by atoms with Crippen molar-refractivity contribution in [2.75, 3.05) is 7.05 Å². The molecule has 0 spiro atoms. The maximum Gasteiger partial charge on any atom is 0.573 e. The first-order valence-corrected chi connectivity index (χ1v) is 8.53. The summed E-state index contributed by atoms with van der Waals surface area (Å²) in [4.78, 5) is 24.2. The predicted octanol–water partition coefficient (Wildman–Crippen LogP) is 3.95. The van der Waals surface area contributed by atoms with Crippen molar-refractivity contribution < 1.29 is 27.6 Å². The fourth-order valence-corrected chi connectivity index (χ4v) is 2.71. The lowest BCUT2D eigenvalue weighted by molar-refractivity contribution is -0.384. The van der Waals surface area contributed by atoms with Gasteiger partial charge in [-0.05, 0) is 18.2 Å². The molecule has 0 radical (unpaired) electrons. The highest BCUT2D eigenvalue weighted by atomic mass is 19.4. The number of para-hydroxylation sites is 1. The third-order valence-electron chi connectivity index (χ3n) is 4.07. The third-order valence-corrected chi connectivity index (χ3v) is 4.07. The molecular weight excluding hydrogens is 405 g/mol. The SMILES string of the molecule is CN(Cc1ccccc1OC(F)(F)F)C(=O)c1ccn(-c2cccc([N+](=O)[O-])c2)n1. The van der Waals surface area contributed by atoms with Crippen LogP contribution >= 0.6 is 0 Å². The van der Waals surface area contributed by atoms with Gasteiger partial charge in [-0.15, -0.1) is 13.2 Å². The van der Waals surface area contributed by atoms with Crippen LogP contribution in [0.25, 0.3) is 5.69 Å². The Morgan fingerprint density at radius 1 is 1.20 bits per heavy atom. The average molecular weight is 420 g/mol. The van der Waals surface area contributed by atoms with E-state index in [0.717, 1.165) is 6.07 Å². The van der Waals surface area contributed by atoms with E-state index in [4.69, 9.17) is 0 Å². The van der Waals surface area contributed by atoms with Gasteiger partial charge in [-0.2, -0.15) is 5.10 Å². The van der Waals surface area contributed by atoms with Crippen molar-refractivity contribution in [3.05, 3.63) is 82.2 Å². The molecule has 0 saturated carbocycles. The van der Waals surface area contributed by atoms with Crippen molar-refractivity contribution in [2.24, 2.45) is 0 Å². The van der Waals surface area contributed by atoms with Crippen LogP contribution in [0.15, 0.2) is 60.8 Å². The summed E-state index contributed by atoms with van der Waals surface area (Å²) in [5, 5.41) is 15.0. The summed E-state index contributed by atoms with van der Waals surface area (Å²) in [5.41, 5.74) is 0.450. The molecule has 0 aliphatic rings. The van der Waals surface area contributed by atoms with E-state index in [2.05, 4.69) is 9.84 Å². The number of benzene rings is 2. The van der Waals surface area contributed by atoms with Crippen LogP contribution in [0.4, 0.5) is 18.9 Å². The topological polar surface area (TPSA) is 90.5 Å². The zero-order valence-electron chi connectivity index (χ0n) is 15.5. The number of hydrogen-bond acceptors (Lipinski definition) is 5. The lowest BCUT2D eigenvalue weighted by Crippen LogP contribution is -2.27. The van der Waals surface area contributed by atoms with Gasteiger partial charge in [0.2, 0.25) is 0 Å². The maximum atomic E-state index is 12.6. The number of aromatic nitrogens is 2. The van der Waals surface area contributed by atoms with E-state index in [1.165, 1.54) is 65.3 Å². The first-order chi connectivity index (χ1) is 14.1. The molecule has 11 heteroatoms. The van der Waals surface area contributed by atoms with E-state index >= 15 is 0 Å². The van der Waals surface area contributed by atoms with Crippen LogP contribution in [-0.4, -0.2) is 38.9 Å². The zero-order valence-corrected chi connectivity index (χ0v) is 15.5. The molecule has 156 valence electrons. The highest BCUT2D eigenvalue weighted by Gasteiger charge is 2.32. The number of halogens is 3. The van der Waals surface area contributed by atoms with Gasteiger partial charge >= 0.3 is 6.36 Å². The summed E-state index contributed by atoms with van der Waals surface area (Å²) in [6.45, 7) is -0.144. The van der Waals surface area contributed by atoms with Crippen molar-refractivity contribution in [1.29, 1.82) is 0 Å². The monoisotopic (exact) mass is 420 g/mol. The number of hydrogen-bond donors (Lipinski definition) is 0. The molecule has 1 amide bonds. The highest BCUT2D eigenvalue weighted by molar-refractivity contribution is 5.92. The number of nitro benzene ring substituents is 1. The number of non-ortho nitro benzene ring substituents is 1. The molecule has 3 rings (SSSR count). The molecule has 8 nitrogen and oxygen atoms in total. The van der Waals surface area contributed by atoms with Gasteiger partial charge in [0.05, 0.1) is 10.6 Å². The molecule has 3 aromatic rings. The Morgan fingerprint density at radius 3 is 2.63 bits per heavy atom. The van der Waals surface area contributed by atoms with Crippen molar-refractivity contribution in [1.82, 2.24) is 14.7 Å². The van der Waals surface area contributed by atoms with Crippen LogP contribution in [0.3, 0.4) is 0 Å². The van der Waals surface area contributed by atoms with Gasteiger partial charge in [0, 0.05) is 37.5 Å². The Kier molecular flexibility index (Phi) is 5.72. The van der Waals surface area contributed by atoms with Gasteiger partial charge in [-0.25, -0.2) is 4.68 Å². The number of ether oxygens (including phenoxy) is 1. The molecule has 0 unspecified atom stereocenters. The molecular formula is C19H15F3N4O4. The molecule has 1 aromatic heterocycles. The van der Waals surface area contributed by atoms with Crippen LogP contribution < -0.4 is 4.74 Å². The smallest absolute Gasteiger partial charge is 0.405 e. The van der Waals surface area contributed by atoms with Gasteiger partial charge < -0.3 is 9.64 Å². The fourth-order valence-electron chi connectivity index (χ4n) is 2.71. The Bertz CT molecular complexity index is 1080. The number of amides is 1. The van der Waals surface area contributed by atoms with Crippen molar-refractivity contribution >= 4 is 11.6 Å². The quantitative estimate of drug-likeness (QED) is 0.445. The molecule has 0 saturated heterocycles. The Morgan fingerprint density at radius 2 is 1.93 bits per heavy atom. The number of nitrogens with zero attached hydrogens (tertiary/aromatic N) is 4. The molecule has 0 atom stereocenters. The van der Waals surface area contributed by atoms with Crippen LogP contribution in [0.5, 0.6) is 5.75 Å². The number of nitro groups is 1. The summed E-state index contributed by atoms with van der Waals surface area (Å²) < 4.78 is 43.0. The Hall–Kier alpha value is -3.89. The number of alkyl halides is 3. The first-order valence-electron chi connectivity index (χ1n) is 8.53. The predicted molar refractivity (Wildman–Crippen MR) is 99.1 cm³/mol. The van der Waals surface area contributed by atoms with Crippen LogP contribution in [0.2, 0.25) is 0 Å². The summed E-state index contributed by atoms with van der Waals surface area (Å²) in [6, 6.07) is 12.6. The minimum absolute atomic E-state index is 0.0261. The standard InChI is InChI=1S/C19H15F3N4O4/c1-24(12-13-5-2-3-8-17(13)30-19(20,21)22)18(27)16-9-10-25(23-16)14-6-4-7-15(11-14)26(28)29/h2-11H,12H2,1H3. The minimum Gasteiger partial charge on any atom is -0.405 e. The fraction of sp³-hybridized carbons (Fsp3) is 0.158. The first kappa shape index (κ1) is 20.8. The average Bonchev–Trinajstić information content (AvgIpc) is 3.18. The van der Waals surface area contributed by atoms with Crippen LogP contribution in [0, 0.1) is 10.1 Å². The van der Waals surface area contributed by atoms with Gasteiger partial charge in [-0.1, -0.05) is 24.3 Å². The molecule has 0 fully saturated rings. The van der Waals surface area contributed by atoms with E-state index < -0.39 is 22.9 Å². The molecule has 1 heterocycles. The largest absolute Gasteiger partial charge is 0.573 e. The van der Waals surface area contributed by atoms with E-state index in [1.54, 1.807) is 6.07 Å². The molecule has 2 aromatic carbocycles. The zero-order chi connectivity index (χ0) is 21.9. The van der Waals surface area contributed by atoms with Gasteiger partial charge in [0.15, 0.2) is 5.69 Å². The van der Waals surface area contributed by atoms with Crippen molar-refractivity contribution in [3.8, 4) is 11.4 Å². The van der Waals surface area contributed by atoms with Gasteiger partial charge in [-0.3, -0.25) is 14.9 Å². The van der Waals surface area contributed by atoms with Crippen molar-refractivity contribution in [3.63, 3.8) is 0 Å². The van der Waals surface area contributed by atoms with E-state index in [-0.39, 0.29) is 23.5 Å². The Balaban J connectivity index is 1.77. The summed E-state index contributed by atoms with van der Waals surface area (Å²) in [6.07, 6.45) is -3.39. The Labute approximate surface area is 168 Å². The van der Waals surface area contributed by atoms with Crippen LogP contribution in [-0.2, 0) is 6.54 Å². The maximum absolute atomic E-state index is 12.6. The van der Waals surface area contributed by atoms with Gasteiger partial charge in [0.25, 0.3) is 11.6 Å². The third kappa shape index (κ3) is 4.93. The number of rotatable bonds is 6. The summed E-state index contributed by atoms with van der Waals surface area (Å²) in [7, 11) is 1.42. The normalized spacial score (nSPS) is 11.2. The molecule has 0 bridgehead atoms. The highest BCUT2D eigenvalue weighted by Crippen LogP contribution is 2.27. The molecule has 0 aliphatic carbocycles.